The first kappa shape index (κ1) is 29.6. The number of rotatable bonds is 12. The van der Waals surface area contributed by atoms with Gasteiger partial charge in [0.2, 0.25) is 16.9 Å². The SMILES string of the molecule is CCSc1nnc(NC(=O)CSc2nnc(CNC(=O)C34CC5CC(CC(C5)C3)C4)n2-c2c(CC)cccc2CC)s1. The van der Waals surface area contributed by atoms with Crippen molar-refractivity contribution in [2.45, 2.75) is 88.2 Å². The fourth-order valence-corrected chi connectivity index (χ4v) is 10.1. The largest absolute Gasteiger partial charge is 0.348 e. The van der Waals surface area contributed by atoms with Gasteiger partial charge in [-0.1, -0.05) is 73.8 Å². The summed E-state index contributed by atoms with van der Waals surface area (Å²) >= 11 is 4.32. The van der Waals surface area contributed by atoms with E-state index in [4.69, 9.17) is 0 Å². The van der Waals surface area contributed by atoms with Crippen molar-refractivity contribution in [3.05, 3.63) is 35.2 Å². The lowest BCUT2D eigenvalue weighted by atomic mass is 9.49. The van der Waals surface area contributed by atoms with Crippen molar-refractivity contribution >= 4 is 51.8 Å². The lowest BCUT2D eigenvalue weighted by Gasteiger charge is -2.55. The van der Waals surface area contributed by atoms with E-state index >= 15 is 0 Å². The Balaban J connectivity index is 1.22. The average Bonchev–Trinajstić information content (AvgIpc) is 3.59. The van der Waals surface area contributed by atoms with Crippen molar-refractivity contribution in [1.82, 2.24) is 30.3 Å². The zero-order valence-electron chi connectivity index (χ0n) is 24.5. The maximum Gasteiger partial charge on any atom is 0.236 e. The first-order chi connectivity index (χ1) is 20.4. The third-order valence-electron chi connectivity index (χ3n) is 9.07. The van der Waals surface area contributed by atoms with E-state index in [-0.39, 0.29) is 23.0 Å². The number of hydrogen-bond donors (Lipinski definition) is 2. The Morgan fingerprint density at radius 1 is 0.952 bits per heavy atom. The molecule has 4 saturated carbocycles. The van der Waals surface area contributed by atoms with Crippen molar-refractivity contribution in [1.29, 1.82) is 0 Å². The van der Waals surface area contributed by atoms with Gasteiger partial charge in [-0.3, -0.25) is 19.5 Å². The third-order valence-corrected chi connectivity index (χ3v) is 11.9. The van der Waals surface area contributed by atoms with E-state index in [1.54, 1.807) is 11.8 Å². The second kappa shape index (κ2) is 12.7. The van der Waals surface area contributed by atoms with Gasteiger partial charge in [-0.2, -0.15) is 0 Å². The van der Waals surface area contributed by atoms with E-state index in [1.165, 1.54) is 53.5 Å². The van der Waals surface area contributed by atoms with Gasteiger partial charge >= 0.3 is 0 Å². The van der Waals surface area contributed by atoms with Crippen LogP contribution in [0.3, 0.4) is 0 Å². The highest BCUT2D eigenvalue weighted by Crippen LogP contribution is 2.60. The van der Waals surface area contributed by atoms with Gasteiger partial charge in [0.15, 0.2) is 15.3 Å². The number of benzene rings is 1. The summed E-state index contributed by atoms with van der Waals surface area (Å²) in [7, 11) is 0. The summed E-state index contributed by atoms with van der Waals surface area (Å²) in [5, 5.41) is 24.6. The summed E-state index contributed by atoms with van der Waals surface area (Å²) in [5.74, 6) is 3.89. The highest BCUT2D eigenvalue weighted by atomic mass is 32.2. The highest BCUT2D eigenvalue weighted by Gasteiger charge is 2.54. The first-order valence-electron chi connectivity index (χ1n) is 15.1. The molecule has 2 heterocycles. The van der Waals surface area contributed by atoms with Crippen molar-refractivity contribution < 1.29 is 9.59 Å². The lowest BCUT2D eigenvalue weighted by molar-refractivity contribution is -0.146. The molecule has 224 valence electrons. The van der Waals surface area contributed by atoms with Crippen LogP contribution in [0.1, 0.15) is 76.2 Å². The monoisotopic (exact) mass is 625 g/mol. The number of hydrogen-bond acceptors (Lipinski definition) is 9. The van der Waals surface area contributed by atoms with Crippen molar-refractivity contribution in [3.8, 4) is 5.69 Å². The van der Waals surface area contributed by atoms with Crippen LogP contribution in [0.15, 0.2) is 27.7 Å². The van der Waals surface area contributed by atoms with Crippen LogP contribution in [0.2, 0.25) is 0 Å². The molecule has 2 aromatic heterocycles. The molecule has 42 heavy (non-hydrogen) atoms. The summed E-state index contributed by atoms with van der Waals surface area (Å²) in [5.41, 5.74) is 3.21. The minimum atomic E-state index is -0.217. The number of anilines is 1. The molecule has 0 atom stereocenters. The Morgan fingerprint density at radius 2 is 1.62 bits per heavy atom. The molecule has 3 aromatic rings. The van der Waals surface area contributed by atoms with Crippen LogP contribution < -0.4 is 10.6 Å². The number of aromatic nitrogens is 5. The fourth-order valence-electron chi connectivity index (χ4n) is 7.70. The van der Waals surface area contributed by atoms with Gasteiger partial charge in [0, 0.05) is 5.41 Å². The molecule has 4 aliphatic carbocycles. The molecule has 2 N–H and O–H groups in total. The molecule has 0 saturated heterocycles. The quantitative estimate of drug-likeness (QED) is 0.188. The van der Waals surface area contributed by atoms with Crippen LogP contribution in [-0.4, -0.2) is 48.3 Å². The number of nitrogens with zero attached hydrogens (tertiary/aromatic N) is 5. The molecule has 7 rings (SSSR count). The second-order valence-corrected chi connectivity index (χ2v) is 15.3. The van der Waals surface area contributed by atoms with Gasteiger partial charge in [0.25, 0.3) is 0 Å². The van der Waals surface area contributed by atoms with Gasteiger partial charge in [0.05, 0.1) is 18.0 Å². The zero-order chi connectivity index (χ0) is 29.3. The van der Waals surface area contributed by atoms with E-state index in [0.29, 0.717) is 40.4 Å². The molecule has 9 nitrogen and oxygen atoms in total. The Bertz CT molecular complexity index is 1390. The number of thioether (sulfide) groups is 2. The highest BCUT2D eigenvalue weighted by molar-refractivity contribution is 8.01. The van der Waals surface area contributed by atoms with Gasteiger partial charge in [-0.05, 0) is 86.0 Å². The topological polar surface area (TPSA) is 115 Å². The minimum Gasteiger partial charge on any atom is -0.348 e. The predicted octanol–water partition coefficient (Wildman–Crippen LogP) is 5.92. The summed E-state index contributed by atoms with van der Waals surface area (Å²) < 4.78 is 2.90. The molecule has 0 spiro atoms. The Hall–Kier alpha value is -2.44. The van der Waals surface area contributed by atoms with Crippen molar-refractivity contribution in [3.63, 3.8) is 0 Å². The number of para-hydroxylation sites is 1. The van der Waals surface area contributed by atoms with Gasteiger partial charge < -0.3 is 5.32 Å². The molecule has 4 aliphatic rings. The van der Waals surface area contributed by atoms with E-state index < -0.39 is 0 Å². The Labute approximate surface area is 259 Å². The van der Waals surface area contributed by atoms with E-state index in [2.05, 4.69) is 74.6 Å². The van der Waals surface area contributed by atoms with Crippen LogP contribution >= 0.6 is 34.9 Å². The average molecular weight is 626 g/mol. The second-order valence-electron chi connectivity index (χ2n) is 11.9. The van der Waals surface area contributed by atoms with Gasteiger partial charge in [-0.15, -0.1) is 20.4 Å². The molecule has 0 unspecified atom stereocenters. The number of carbonyl (C=O) groups excluding carboxylic acids is 2. The van der Waals surface area contributed by atoms with Crippen LogP contribution in [0, 0.1) is 23.2 Å². The van der Waals surface area contributed by atoms with Gasteiger partial charge in [-0.25, -0.2) is 0 Å². The van der Waals surface area contributed by atoms with E-state index in [1.807, 2.05) is 0 Å². The minimum absolute atomic E-state index is 0.156. The molecule has 2 amide bonds. The van der Waals surface area contributed by atoms with Crippen LogP contribution in [0.5, 0.6) is 0 Å². The Kier molecular flexibility index (Phi) is 8.93. The van der Waals surface area contributed by atoms with Crippen LogP contribution in [0.25, 0.3) is 5.69 Å². The first-order valence-corrected chi connectivity index (χ1v) is 17.9. The standard InChI is InChI=1S/C30H39N7O2S3/c1-4-21-8-7-9-22(5-2)25(21)37-23(16-31-26(39)30-13-18-10-19(14-30)12-20(11-18)15-30)33-35-28(37)41-17-24(38)32-27-34-36-29(42-27)40-6-3/h7-9,18-20H,4-6,10-17H2,1-3H3,(H,31,39)(H,32,34,38). The summed E-state index contributed by atoms with van der Waals surface area (Å²) in [6.07, 6.45) is 8.70. The molecule has 12 heteroatoms. The lowest BCUT2D eigenvalue weighted by Crippen LogP contribution is -2.53. The van der Waals surface area contributed by atoms with E-state index in [9.17, 15) is 9.59 Å². The third kappa shape index (κ3) is 5.99. The molecule has 0 aliphatic heterocycles. The number of amides is 2. The predicted molar refractivity (Wildman–Crippen MR) is 168 cm³/mol. The molecule has 0 radical (unpaired) electrons. The molecular weight excluding hydrogens is 587 g/mol. The van der Waals surface area contributed by atoms with Crippen LogP contribution in [-0.2, 0) is 29.0 Å². The van der Waals surface area contributed by atoms with Gasteiger partial charge in [0.1, 0.15) is 0 Å². The molecule has 4 fully saturated rings. The van der Waals surface area contributed by atoms with Crippen molar-refractivity contribution in [2.24, 2.45) is 23.2 Å². The molecular formula is C30H39N7O2S3. The number of carbonyl (C=O) groups is 2. The smallest absolute Gasteiger partial charge is 0.236 e. The van der Waals surface area contributed by atoms with Crippen molar-refractivity contribution in [2.75, 3.05) is 16.8 Å². The van der Waals surface area contributed by atoms with E-state index in [0.717, 1.165) is 47.9 Å². The summed E-state index contributed by atoms with van der Waals surface area (Å²) in [6, 6.07) is 6.36. The maximum absolute atomic E-state index is 13.8. The molecule has 4 bridgehead atoms. The zero-order valence-corrected chi connectivity index (χ0v) is 27.0. The fraction of sp³-hybridized carbons (Fsp3) is 0.600. The maximum atomic E-state index is 13.8. The number of aryl methyl sites for hydroxylation is 2. The Morgan fingerprint density at radius 3 is 2.24 bits per heavy atom. The normalized spacial score (nSPS) is 24.2. The number of nitrogens with one attached hydrogen (secondary N) is 2. The summed E-state index contributed by atoms with van der Waals surface area (Å²) in [4.78, 5) is 26.6. The summed E-state index contributed by atoms with van der Waals surface area (Å²) in [6.45, 7) is 6.65. The van der Waals surface area contributed by atoms with Crippen LogP contribution in [0.4, 0.5) is 5.13 Å². The molecule has 1 aromatic carbocycles.